The normalized spacial score (nSPS) is 11.4. The molecule has 0 saturated carbocycles. The van der Waals surface area contributed by atoms with Crippen molar-refractivity contribution < 1.29 is 0 Å². The van der Waals surface area contributed by atoms with Crippen molar-refractivity contribution >= 4 is 17.1 Å². The molecule has 3 aromatic rings. The van der Waals surface area contributed by atoms with Crippen LogP contribution in [0.2, 0.25) is 0 Å². The van der Waals surface area contributed by atoms with E-state index in [9.17, 15) is 0 Å². The molecule has 0 aliphatic carbocycles. The molecule has 188 valence electrons. The largest absolute Gasteiger partial charge is 0.309 e. The summed E-state index contributed by atoms with van der Waals surface area (Å²) in [6, 6.07) is 0. The molecule has 0 amide bonds. The molecule has 0 fully saturated rings. The highest BCUT2D eigenvalue weighted by Crippen LogP contribution is 2.49. The minimum atomic E-state index is 1.07. The number of anilines is 3. The topological polar surface area (TPSA) is 3.24 Å². The maximum atomic E-state index is 2.65. The molecular weight excluding hydrogens is 422 g/mol. The molecule has 1 nitrogen and oxygen atoms in total. The summed E-state index contributed by atoms with van der Waals surface area (Å²) in [5, 5.41) is 0. The van der Waals surface area contributed by atoms with Crippen molar-refractivity contribution in [2.75, 3.05) is 4.90 Å². The fourth-order valence-electron chi connectivity index (χ4n) is 6.20. The van der Waals surface area contributed by atoms with Crippen LogP contribution in [-0.2, 0) is 6.42 Å². The van der Waals surface area contributed by atoms with E-state index >= 15 is 0 Å². The molecular formula is C34H47N. The Bertz CT molecular complexity index is 1190. The van der Waals surface area contributed by atoms with Crippen molar-refractivity contribution in [1.82, 2.24) is 0 Å². The van der Waals surface area contributed by atoms with Crippen LogP contribution >= 0.6 is 0 Å². The van der Waals surface area contributed by atoms with Crippen LogP contribution in [0.4, 0.5) is 17.1 Å². The zero-order chi connectivity index (χ0) is 26.7. The molecule has 0 N–H and O–H groups in total. The third-order valence-corrected chi connectivity index (χ3v) is 9.69. The van der Waals surface area contributed by atoms with Gasteiger partial charge in [0.25, 0.3) is 0 Å². The van der Waals surface area contributed by atoms with Crippen LogP contribution in [-0.4, -0.2) is 0 Å². The molecule has 1 heteroatoms. The van der Waals surface area contributed by atoms with Gasteiger partial charge in [0.15, 0.2) is 0 Å². The van der Waals surface area contributed by atoms with Crippen LogP contribution in [0, 0.1) is 96.9 Å². The van der Waals surface area contributed by atoms with Gasteiger partial charge in [0.2, 0.25) is 0 Å². The Morgan fingerprint density at radius 3 is 0.743 bits per heavy atom. The van der Waals surface area contributed by atoms with Gasteiger partial charge in [-0.3, -0.25) is 0 Å². The van der Waals surface area contributed by atoms with Gasteiger partial charge in [0.1, 0.15) is 0 Å². The molecule has 3 aromatic carbocycles. The van der Waals surface area contributed by atoms with Gasteiger partial charge in [-0.15, -0.1) is 0 Å². The Morgan fingerprint density at radius 2 is 0.514 bits per heavy atom. The lowest BCUT2D eigenvalue weighted by Crippen LogP contribution is -2.21. The number of rotatable bonds is 4. The quantitative estimate of drug-likeness (QED) is 0.367. The van der Waals surface area contributed by atoms with Crippen molar-refractivity contribution in [3.63, 3.8) is 0 Å². The standard InChI is InChI=1S/C34H47N/c1-16-31-23(8)29(14)34(30(15)24(31)9)35(32-25(10)19(4)17(2)20(5)26(32)11)33-27(12)21(6)18(3)22(7)28(33)13/h16H2,1-15H3. The Morgan fingerprint density at radius 1 is 0.314 bits per heavy atom. The summed E-state index contributed by atoms with van der Waals surface area (Å²) in [6.07, 6.45) is 1.07. The lowest BCUT2D eigenvalue weighted by molar-refractivity contribution is 1.03. The lowest BCUT2D eigenvalue weighted by atomic mass is 9.86. The van der Waals surface area contributed by atoms with Gasteiger partial charge < -0.3 is 4.90 Å². The summed E-state index contributed by atoms with van der Waals surface area (Å²) in [5.41, 5.74) is 25.2. The third-order valence-electron chi connectivity index (χ3n) is 9.69. The number of hydrogen-bond donors (Lipinski definition) is 0. The van der Waals surface area contributed by atoms with E-state index in [1.54, 1.807) is 0 Å². The average molecular weight is 470 g/mol. The molecule has 0 spiro atoms. The molecule has 0 radical (unpaired) electrons. The zero-order valence-electron chi connectivity index (χ0n) is 25.2. The van der Waals surface area contributed by atoms with Crippen molar-refractivity contribution in [2.24, 2.45) is 0 Å². The zero-order valence-corrected chi connectivity index (χ0v) is 25.2. The molecule has 0 aliphatic heterocycles. The summed E-state index contributed by atoms with van der Waals surface area (Å²) >= 11 is 0. The van der Waals surface area contributed by atoms with Gasteiger partial charge in [0, 0.05) is 0 Å². The molecule has 0 heterocycles. The van der Waals surface area contributed by atoms with E-state index in [1.807, 2.05) is 0 Å². The van der Waals surface area contributed by atoms with E-state index in [0.717, 1.165) is 6.42 Å². The molecule has 0 atom stereocenters. The minimum Gasteiger partial charge on any atom is -0.309 e. The van der Waals surface area contributed by atoms with Crippen molar-refractivity contribution in [2.45, 2.75) is 110 Å². The first-order chi connectivity index (χ1) is 16.2. The summed E-state index contributed by atoms with van der Waals surface area (Å²) < 4.78 is 0. The van der Waals surface area contributed by atoms with Gasteiger partial charge in [0.05, 0.1) is 17.1 Å². The number of hydrogen-bond acceptors (Lipinski definition) is 1. The first-order valence-corrected chi connectivity index (χ1v) is 13.2. The molecule has 3 rings (SSSR count). The highest BCUT2D eigenvalue weighted by atomic mass is 15.2. The summed E-state index contributed by atoms with van der Waals surface area (Å²) in [4.78, 5) is 2.65. The summed E-state index contributed by atoms with van der Waals surface area (Å²) in [6.45, 7) is 34.6. The van der Waals surface area contributed by atoms with E-state index < -0.39 is 0 Å². The van der Waals surface area contributed by atoms with Gasteiger partial charge in [-0.2, -0.15) is 0 Å². The van der Waals surface area contributed by atoms with Gasteiger partial charge in [-0.25, -0.2) is 0 Å². The van der Waals surface area contributed by atoms with Gasteiger partial charge in [-0.1, -0.05) is 6.92 Å². The van der Waals surface area contributed by atoms with Crippen molar-refractivity contribution in [3.05, 3.63) is 83.5 Å². The average Bonchev–Trinajstić information content (AvgIpc) is 2.83. The van der Waals surface area contributed by atoms with Gasteiger partial charge >= 0.3 is 0 Å². The first-order valence-electron chi connectivity index (χ1n) is 13.2. The summed E-state index contributed by atoms with van der Waals surface area (Å²) in [7, 11) is 0. The highest BCUT2D eigenvalue weighted by Gasteiger charge is 2.29. The van der Waals surface area contributed by atoms with Crippen molar-refractivity contribution in [1.29, 1.82) is 0 Å². The predicted octanol–water partition coefficient (Wildman–Crippen LogP) is 10.0. The van der Waals surface area contributed by atoms with E-state index in [4.69, 9.17) is 0 Å². The molecule has 0 unspecified atom stereocenters. The van der Waals surface area contributed by atoms with Crippen LogP contribution in [0.25, 0.3) is 0 Å². The smallest absolute Gasteiger partial charge is 0.0525 e. The lowest BCUT2D eigenvalue weighted by Gasteiger charge is -2.37. The number of benzene rings is 3. The Balaban J connectivity index is 2.68. The SMILES string of the molecule is CCc1c(C)c(C)c(N(c2c(C)c(C)c(C)c(C)c2C)c2c(C)c(C)c(C)c(C)c2C)c(C)c1C. The Hall–Kier alpha value is -2.54. The maximum absolute atomic E-state index is 2.65. The second kappa shape index (κ2) is 9.49. The van der Waals surface area contributed by atoms with Crippen LogP contribution < -0.4 is 4.90 Å². The van der Waals surface area contributed by atoms with E-state index in [-0.39, 0.29) is 0 Å². The Labute approximate surface area is 215 Å². The number of nitrogens with zero attached hydrogens (tertiary/aromatic N) is 1. The second-order valence-electron chi connectivity index (χ2n) is 11.0. The fraction of sp³-hybridized carbons (Fsp3) is 0.471. The monoisotopic (exact) mass is 469 g/mol. The van der Waals surface area contributed by atoms with Crippen LogP contribution in [0.1, 0.15) is 90.4 Å². The van der Waals surface area contributed by atoms with E-state index in [2.05, 4.69) is 109 Å². The minimum absolute atomic E-state index is 1.07. The van der Waals surface area contributed by atoms with E-state index in [0.29, 0.717) is 0 Å². The molecule has 0 aromatic heterocycles. The molecule has 0 aliphatic rings. The van der Waals surface area contributed by atoms with Gasteiger partial charge in [-0.05, 0) is 187 Å². The van der Waals surface area contributed by atoms with E-state index in [1.165, 1.54) is 101 Å². The molecule has 0 saturated heterocycles. The fourth-order valence-corrected chi connectivity index (χ4v) is 6.20. The highest BCUT2D eigenvalue weighted by molar-refractivity contribution is 5.89. The molecule has 0 bridgehead atoms. The van der Waals surface area contributed by atoms with Crippen LogP contribution in [0.5, 0.6) is 0 Å². The molecule has 35 heavy (non-hydrogen) atoms. The predicted molar refractivity (Wildman–Crippen MR) is 157 cm³/mol. The van der Waals surface area contributed by atoms with Crippen molar-refractivity contribution in [3.8, 4) is 0 Å². The maximum Gasteiger partial charge on any atom is 0.0525 e. The summed E-state index contributed by atoms with van der Waals surface area (Å²) in [5.74, 6) is 0. The Kier molecular flexibility index (Phi) is 7.34. The second-order valence-corrected chi connectivity index (χ2v) is 11.0. The van der Waals surface area contributed by atoms with Crippen LogP contribution in [0.15, 0.2) is 0 Å². The third kappa shape index (κ3) is 3.92. The first kappa shape index (κ1) is 27.1. The van der Waals surface area contributed by atoms with Crippen LogP contribution in [0.3, 0.4) is 0 Å².